The number of ether oxygens (including phenoxy) is 7. The number of benzene rings is 2. The fraction of sp³-hybridized carbons (Fsp3) is 0.515. The molecule has 6 unspecified atom stereocenters. The van der Waals surface area contributed by atoms with Crippen LogP contribution in [0.25, 0.3) is 0 Å². The molecule has 276 valence electrons. The zero-order valence-electron chi connectivity index (χ0n) is 27.8. The summed E-state index contributed by atoms with van der Waals surface area (Å²) >= 11 is 0. The number of halogens is 2. The monoisotopic (exact) mass is 730 g/mol. The number of hydrogen-bond acceptors (Lipinski definition) is 15. The molecule has 1 saturated heterocycles. The number of carbonyl (C=O) groups excluding carboxylic acids is 4. The van der Waals surface area contributed by atoms with E-state index in [1.165, 1.54) is 12.1 Å². The van der Waals surface area contributed by atoms with Crippen LogP contribution in [-0.2, 0) is 33.2 Å². The van der Waals surface area contributed by atoms with Crippen molar-refractivity contribution in [3.05, 3.63) is 58.2 Å². The Morgan fingerprint density at radius 1 is 0.750 bits per heavy atom. The first-order valence-electron chi connectivity index (χ1n) is 16.9. The first-order valence-corrected chi connectivity index (χ1v) is 16.9. The van der Waals surface area contributed by atoms with Gasteiger partial charge in [0.25, 0.3) is 0 Å². The van der Waals surface area contributed by atoms with Gasteiger partial charge in [-0.25, -0.2) is 28.0 Å². The van der Waals surface area contributed by atoms with Crippen LogP contribution in [0.3, 0.4) is 0 Å². The van der Waals surface area contributed by atoms with E-state index < -0.39 is 74.8 Å². The molecule has 2 N–H and O–H groups in total. The average molecular weight is 730 g/mol. The van der Waals surface area contributed by atoms with Crippen LogP contribution < -0.4 is 9.31 Å². The van der Waals surface area contributed by atoms with E-state index in [9.17, 15) is 38.0 Å². The van der Waals surface area contributed by atoms with E-state index in [0.717, 1.165) is 31.7 Å². The molecule has 3 heterocycles. The minimum Gasteiger partial charge on any atom is -0.535 e. The van der Waals surface area contributed by atoms with Crippen molar-refractivity contribution < 1.29 is 80.5 Å². The third kappa shape index (κ3) is 7.47. The highest BCUT2D eigenvalue weighted by Crippen LogP contribution is 2.61. The second-order valence-corrected chi connectivity index (χ2v) is 13.4. The van der Waals surface area contributed by atoms with Crippen LogP contribution in [0.5, 0.6) is 11.5 Å². The third-order valence-electron chi connectivity index (χ3n) is 10.0. The summed E-state index contributed by atoms with van der Waals surface area (Å²) < 4.78 is 72.7. The molecule has 8 rings (SSSR count). The van der Waals surface area contributed by atoms with E-state index in [1.807, 2.05) is 6.92 Å². The van der Waals surface area contributed by atoms with Crippen molar-refractivity contribution in [2.75, 3.05) is 26.8 Å². The topological polar surface area (TPSA) is 192 Å². The zero-order chi connectivity index (χ0) is 36.7. The Labute approximate surface area is 295 Å². The minimum atomic E-state index is -1.08. The molecule has 3 aliphatic carbocycles. The van der Waals surface area contributed by atoms with Crippen molar-refractivity contribution in [1.29, 1.82) is 0 Å². The van der Waals surface area contributed by atoms with Crippen LogP contribution in [0.4, 0.5) is 18.4 Å². The van der Waals surface area contributed by atoms with Gasteiger partial charge in [0.05, 0.1) is 13.2 Å². The van der Waals surface area contributed by atoms with Crippen molar-refractivity contribution >= 4 is 38.5 Å². The van der Waals surface area contributed by atoms with Gasteiger partial charge in [-0.1, -0.05) is 19.1 Å². The smallest absolute Gasteiger partial charge is 0.526 e. The van der Waals surface area contributed by atoms with Crippen molar-refractivity contribution in [3.8, 4) is 11.5 Å². The standard InChI is InChI=1S/C18H20BFO7.C15H14BFO8/c1-9-3-2-4-14(9)26-18(22)25-8-24-17(21)15-13(20)6-5-10-11-7-12(11)19(23)27-16(10)15;17-11-2-1-8-9-3-10(9)16(20)25-13(8)12(11)14(18)22-6-23-15(19)24-7-4-21-5-7/h5-6,9,11-12,14,23H,2-4,7-8H2,1H3;1-2,7,9-10,20H,3-6H2. The highest BCUT2D eigenvalue weighted by atomic mass is 19.1. The molecule has 0 bridgehead atoms. The predicted molar refractivity (Wildman–Crippen MR) is 169 cm³/mol. The second-order valence-electron chi connectivity index (χ2n) is 13.4. The molecule has 4 fully saturated rings. The SMILES string of the molecule is CC1CCCC1OC(=O)OCOC(=O)c1c(F)ccc2c1OB(O)C1CC21.O=C(OCOC(=O)c1c(F)ccc2c1OB(O)C1CC21)OC1COC1. The van der Waals surface area contributed by atoms with Gasteiger partial charge >= 0.3 is 38.5 Å². The molecule has 0 aromatic heterocycles. The van der Waals surface area contributed by atoms with Gasteiger partial charge in [-0.2, -0.15) is 0 Å². The first-order chi connectivity index (χ1) is 25.0. The predicted octanol–water partition coefficient (Wildman–Crippen LogP) is 4.23. The van der Waals surface area contributed by atoms with E-state index in [2.05, 4.69) is 4.74 Å². The maximum absolute atomic E-state index is 14.2. The Kier molecular flexibility index (Phi) is 10.2. The maximum Gasteiger partial charge on any atom is 0.526 e. The van der Waals surface area contributed by atoms with Crippen LogP contribution in [0.15, 0.2) is 24.3 Å². The first kappa shape index (κ1) is 35.8. The molecular weight excluding hydrogens is 696 g/mol. The highest BCUT2D eigenvalue weighted by Gasteiger charge is 2.55. The second kappa shape index (κ2) is 14.8. The minimum absolute atomic E-state index is 0.00592. The molecule has 6 atom stereocenters. The summed E-state index contributed by atoms with van der Waals surface area (Å²) in [4.78, 5) is 47.5. The van der Waals surface area contributed by atoms with E-state index in [4.69, 9.17) is 37.7 Å². The van der Waals surface area contributed by atoms with E-state index in [0.29, 0.717) is 17.5 Å². The van der Waals surface area contributed by atoms with Crippen LogP contribution in [0.1, 0.15) is 82.7 Å². The Hall–Kier alpha value is -4.61. The summed E-state index contributed by atoms with van der Waals surface area (Å²) in [5, 5.41) is 19.7. The van der Waals surface area contributed by atoms with Crippen molar-refractivity contribution in [2.45, 2.75) is 74.7 Å². The Bertz CT molecular complexity index is 1740. The molecule has 19 heteroatoms. The van der Waals surface area contributed by atoms with Gasteiger partial charge in [-0.15, -0.1) is 0 Å². The Balaban J connectivity index is 0.000000162. The van der Waals surface area contributed by atoms with E-state index >= 15 is 0 Å². The summed E-state index contributed by atoms with van der Waals surface area (Å²) in [6.45, 7) is 1.14. The highest BCUT2D eigenvalue weighted by molar-refractivity contribution is 6.48. The summed E-state index contributed by atoms with van der Waals surface area (Å²) in [5.41, 5.74) is 0.507. The number of rotatable bonds is 8. The fourth-order valence-corrected chi connectivity index (χ4v) is 6.86. The van der Waals surface area contributed by atoms with Gasteiger partial charge in [-0.3, -0.25) is 0 Å². The lowest BCUT2D eigenvalue weighted by Gasteiger charge is -2.24. The quantitative estimate of drug-likeness (QED) is 0.170. The summed E-state index contributed by atoms with van der Waals surface area (Å²) in [5.74, 6) is -3.48. The lowest BCUT2D eigenvalue weighted by Crippen LogP contribution is -2.38. The van der Waals surface area contributed by atoms with E-state index in [-0.39, 0.29) is 66.3 Å². The normalized spacial score (nSPS) is 25.8. The molecule has 3 saturated carbocycles. The van der Waals surface area contributed by atoms with Gasteiger partial charge in [0.15, 0.2) is 6.10 Å². The number of carbonyl (C=O) groups is 4. The third-order valence-corrected chi connectivity index (χ3v) is 10.0. The lowest BCUT2D eigenvalue weighted by molar-refractivity contribution is -0.122. The summed E-state index contributed by atoms with van der Waals surface area (Å²) in [6.07, 6.45) is 1.68. The maximum atomic E-state index is 14.2. The molecule has 0 amide bonds. The van der Waals surface area contributed by atoms with Crippen LogP contribution >= 0.6 is 0 Å². The Morgan fingerprint density at radius 3 is 1.69 bits per heavy atom. The van der Waals surface area contributed by atoms with Crippen molar-refractivity contribution in [1.82, 2.24) is 0 Å². The number of hydrogen-bond donors (Lipinski definition) is 2. The molecule has 3 aliphatic heterocycles. The number of esters is 2. The van der Waals surface area contributed by atoms with Crippen molar-refractivity contribution in [2.24, 2.45) is 5.92 Å². The molecule has 2 aromatic carbocycles. The molecule has 52 heavy (non-hydrogen) atoms. The van der Waals surface area contributed by atoms with Gasteiger partial charge in [0, 0.05) is 11.6 Å². The molecule has 15 nitrogen and oxygen atoms in total. The average Bonchev–Trinajstić information content (AvgIpc) is 4.01. The van der Waals surface area contributed by atoms with Crippen LogP contribution in [0.2, 0.25) is 11.6 Å². The van der Waals surface area contributed by atoms with Crippen LogP contribution in [-0.4, -0.2) is 87.5 Å². The van der Waals surface area contributed by atoms with E-state index in [1.54, 1.807) is 6.07 Å². The zero-order valence-corrected chi connectivity index (χ0v) is 27.8. The van der Waals surface area contributed by atoms with Gasteiger partial charge in [0.1, 0.15) is 40.4 Å². The number of fused-ring (bicyclic) bond motifs is 6. The van der Waals surface area contributed by atoms with Crippen LogP contribution in [0, 0.1) is 17.6 Å². The summed E-state index contributed by atoms with van der Waals surface area (Å²) in [6, 6.07) is 5.40. The molecule has 6 aliphatic rings. The lowest BCUT2D eigenvalue weighted by atomic mass is 9.77. The molecule has 0 spiro atoms. The largest absolute Gasteiger partial charge is 0.535 e. The molecule has 2 aromatic rings. The van der Waals surface area contributed by atoms with Gasteiger partial charge in [0.2, 0.25) is 13.6 Å². The van der Waals surface area contributed by atoms with Gasteiger partial charge < -0.3 is 52.5 Å². The fourth-order valence-electron chi connectivity index (χ4n) is 6.86. The molecule has 0 radical (unpaired) electrons. The summed E-state index contributed by atoms with van der Waals surface area (Å²) in [7, 11) is -2.16. The van der Waals surface area contributed by atoms with Gasteiger partial charge in [-0.05, 0) is 73.1 Å². The van der Waals surface area contributed by atoms with Crippen molar-refractivity contribution in [3.63, 3.8) is 0 Å². The Morgan fingerprint density at radius 2 is 1.25 bits per heavy atom. The molecular formula is C33H34B2F2O15.